The summed E-state index contributed by atoms with van der Waals surface area (Å²) >= 11 is 0. The van der Waals surface area contributed by atoms with Gasteiger partial charge in [-0.1, -0.05) is 36.4 Å². The molecule has 2 aromatic rings. The Balaban J connectivity index is 0.00000144. The molecular formula is C14H17IN2. The van der Waals surface area contributed by atoms with E-state index in [1.165, 1.54) is 16.4 Å². The van der Waals surface area contributed by atoms with Gasteiger partial charge in [0.05, 0.1) is 0 Å². The molecule has 0 spiro atoms. The van der Waals surface area contributed by atoms with Crippen LogP contribution in [0.3, 0.4) is 0 Å². The maximum Gasteiger partial charge on any atom is 0.155 e. The van der Waals surface area contributed by atoms with E-state index in [1.807, 2.05) is 12.1 Å². The third-order valence-corrected chi connectivity index (χ3v) is 2.54. The van der Waals surface area contributed by atoms with Gasteiger partial charge in [-0.15, -0.1) is 0 Å². The summed E-state index contributed by atoms with van der Waals surface area (Å²) in [5.41, 5.74) is 2.50. The first-order chi connectivity index (χ1) is 7.79. The average molecular weight is 340 g/mol. The molecule has 0 aromatic heterocycles. The highest BCUT2D eigenvalue weighted by atomic mass is 127. The topological polar surface area (TPSA) is 7.68 Å². The van der Waals surface area contributed by atoms with Crippen LogP contribution in [0.15, 0.2) is 60.7 Å². The van der Waals surface area contributed by atoms with E-state index in [1.54, 1.807) is 0 Å². The first kappa shape index (κ1) is 14.2. The molecule has 0 aliphatic heterocycles. The molecule has 2 nitrogen and oxygen atoms in total. The Morgan fingerprint density at radius 2 is 1.06 bits per heavy atom. The van der Waals surface area contributed by atoms with Gasteiger partial charge in [0, 0.05) is 38.4 Å². The highest BCUT2D eigenvalue weighted by Gasteiger charge is 2.17. The van der Waals surface area contributed by atoms with Crippen molar-refractivity contribution in [2.24, 2.45) is 0 Å². The van der Waals surface area contributed by atoms with E-state index in [9.17, 15) is 0 Å². The average Bonchev–Trinajstić information content (AvgIpc) is 2.31. The van der Waals surface area contributed by atoms with Crippen LogP contribution in [0.5, 0.6) is 0 Å². The number of rotatable bonds is 3. The highest BCUT2D eigenvalue weighted by molar-refractivity contribution is 5.36. The Hall–Kier alpha value is -0.910. The lowest BCUT2D eigenvalue weighted by molar-refractivity contribution is -0.890. The minimum absolute atomic E-state index is 0. The fourth-order valence-electron chi connectivity index (χ4n) is 1.88. The van der Waals surface area contributed by atoms with Crippen molar-refractivity contribution >= 4 is 11.4 Å². The minimum atomic E-state index is 0. The van der Waals surface area contributed by atoms with E-state index >= 15 is 0 Å². The molecule has 0 radical (unpaired) electrons. The molecule has 0 aliphatic rings. The molecule has 3 heteroatoms. The van der Waals surface area contributed by atoms with Crippen LogP contribution in [0.4, 0.5) is 11.4 Å². The molecule has 0 heterocycles. The van der Waals surface area contributed by atoms with Gasteiger partial charge in [-0.05, 0) is 0 Å². The van der Waals surface area contributed by atoms with Gasteiger partial charge in [0.1, 0.15) is 0 Å². The standard InChI is InChI=1S/C14H16N2.HI/c1-15(2)16(13-9-5-3-6-10-13)14-11-7-4-8-12-14;/h3-12H,1-2H3;1H. The van der Waals surface area contributed by atoms with E-state index in [-0.39, 0.29) is 24.0 Å². The zero-order valence-corrected chi connectivity index (χ0v) is 12.3. The van der Waals surface area contributed by atoms with Crippen molar-refractivity contribution in [2.45, 2.75) is 0 Å². The van der Waals surface area contributed by atoms with Crippen LogP contribution in [0, 0.1) is 0 Å². The Kier molecular flexibility index (Phi) is 5.61. The summed E-state index contributed by atoms with van der Waals surface area (Å²) in [5.74, 6) is 0. The Morgan fingerprint density at radius 1 is 0.706 bits per heavy atom. The molecule has 1 N–H and O–H groups in total. The second-order valence-electron chi connectivity index (χ2n) is 3.98. The fourth-order valence-corrected chi connectivity index (χ4v) is 1.88. The van der Waals surface area contributed by atoms with Crippen LogP contribution in [0.25, 0.3) is 0 Å². The van der Waals surface area contributed by atoms with Crippen LogP contribution >= 0.6 is 0 Å². The first-order valence-corrected chi connectivity index (χ1v) is 5.44. The summed E-state index contributed by atoms with van der Waals surface area (Å²) in [4.78, 5) is 0. The monoisotopic (exact) mass is 340 g/mol. The third kappa shape index (κ3) is 3.52. The summed E-state index contributed by atoms with van der Waals surface area (Å²) in [5, 5.41) is 3.41. The molecule has 0 amide bonds. The van der Waals surface area contributed by atoms with Crippen LogP contribution in [0.1, 0.15) is 0 Å². The van der Waals surface area contributed by atoms with Crippen LogP contribution in [0.2, 0.25) is 0 Å². The van der Waals surface area contributed by atoms with Crippen molar-refractivity contribution in [3.8, 4) is 0 Å². The summed E-state index contributed by atoms with van der Waals surface area (Å²) in [6, 6.07) is 20.9. The maximum absolute atomic E-state index is 2.16. The molecule has 90 valence electrons. The lowest BCUT2D eigenvalue weighted by Gasteiger charge is -2.23. The van der Waals surface area contributed by atoms with Crippen molar-refractivity contribution in [1.29, 1.82) is 0 Å². The van der Waals surface area contributed by atoms with Crippen LogP contribution in [-0.2, 0) is 0 Å². The number of quaternary nitrogens is 1. The van der Waals surface area contributed by atoms with E-state index in [0.717, 1.165) is 0 Å². The summed E-state index contributed by atoms with van der Waals surface area (Å²) in [6.07, 6.45) is 0. The first-order valence-electron chi connectivity index (χ1n) is 5.44. The Morgan fingerprint density at radius 3 is 1.35 bits per heavy atom. The second-order valence-corrected chi connectivity index (χ2v) is 3.98. The Labute approximate surface area is 120 Å². The number of benzene rings is 2. The quantitative estimate of drug-likeness (QED) is 0.557. The largest absolute Gasteiger partial charge is 1.00 e. The SMILES string of the molecule is CN(C)[NH+](c1ccccc1)c1ccccc1.[I-]. The predicted octanol–water partition coefficient (Wildman–Crippen LogP) is -0.985. The van der Waals surface area contributed by atoms with E-state index in [0.29, 0.717) is 0 Å². The number of nitrogens with zero attached hydrogens (tertiary/aromatic N) is 1. The molecule has 0 unspecified atom stereocenters. The van der Waals surface area contributed by atoms with E-state index in [2.05, 4.69) is 67.6 Å². The normalized spacial score (nSPS) is 10.4. The second kappa shape index (κ2) is 6.74. The zero-order chi connectivity index (χ0) is 11.4. The maximum atomic E-state index is 2.16. The van der Waals surface area contributed by atoms with Crippen molar-refractivity contribution in [3.05, 3.63) is 60.7 Å². The van der Waals surface area contributed by atoms with Crippen LogP contribution in [-0.4, -0.2) is 19.1 Å². The third-order valence-electron chi connectivity index (χ3n) is 2.54. The van der Waals surface area contributed by atoms with Gasteiger partial charge in [-0.25, -0.2) is 0 Å². The lowest BCUT2D eigenvalue weighted by Crippen LogP contribution is -3.08. The number of para-hydroxylation sites is 2. The van der Waals surface area contributed by atoms with Crippen molar-refractivity contribution in [3.63, 3.8) is 0 Å². The van der Waals surface area contributed by atoms with Gasteiger partial charge in [-0.3, -0.25) is 0 Å². The number of hydrogen-bond acceptors (Lipinski definition) is 1. The molecule has 0 aliphatic carbocycles. The Bertz CT molecular complexity index is 389. The molecule has 0 bridgehead atoms. The number of halogens is 1. The summed E-state index contributed by atoms with van der Waals surface area (Å²) in [6.45, 7) is 0. The van der Waals surface area contributed by atoms with Gasteiger partial charge >= 0.3 is 0 Å². The predicted molar refractivity (Wildman–Crippen MR) is 66.9 cm³/mol. The molecule has 0 atom stereocenters. The van der Waals surface area contributed by atoms with Gasteiger partial charge in [0.15, 0.2) is 11.4 Å². The molecule has 0 saturated heterocycles. The molecule has 2 aromatic carbocycles. The fraction of sp³-hybridized carbons (Fsp3) is 0.143. The van der Waals surface area contributed by atoms with Crippen molar-refractivity contribution in [1.82, 2.24) is 5.01 Å². The number of hydrogen-bond donors (Lipinski definition) is 1. The molecule has 0 fully saturated rings. The van der Waals surface area contributed by atoms with Crippen molar-refractivity contribution in [2.75, 3.05) is 14.1 Å². The molecular weight excluding hydrogens is 323 g/mol. The van der Waals surface area contributed by atoms with E-state index < -0.39 is 0 Å². The zero-order valence-electron chi connectivity index (χ0n) is 10.1. The van der Waals surface area contributed by atoms with Gasteiger partial charge in [-0.2, -0.15) is 10.0 Å². The van der Waals surface area contributed by atoms with Gasteiger partial charge in [0.25, 0.3) is 0 Å². The smallest absolute Gasteiger partial charge is 0.155 e. The molecule has 0 saturated carbocycles. The van der Waals surface area contributed by atoms with Gasteiger partial charge < -0.3 is 24.0 Å². The van der Waals surface area contributed by atoms with Crippen LogP contribution < -0.4 is 29.0 Å². The van der Waals surface area contributed by atoms with Crippen molar-refractivity contribution < 1.29 is 29.0 Å². The van der Waals surface area contributed by atoms with Gasteiger partial charge in [0.2, 0.25) is 0 Å². The van der Waals surface area contributed by atoms with E-state index in [4.69, 9.17) is 0 Å². The minimum Gasteiger partial charge on any atom is -1.00 e. The highest BCUT2D eigenvalue weighted by Crippen LogP contribution is 2.07. The molecule has 2 rings (SSSR count). The summed E-state index contributed by atoms with van der Waals surface area (Å²) < 4.78 is 0. The number of nitrogens with one attached hydrogen (secondary N) is 1. The molecule has 17 heavy (non-hydrogen) atoms. The lowest BCUT2D eigenvalue weighted by atomic mass is 10.2. The summed E-state index contributed by atoms with van der Waals surface area (Å²) in [7, 11) is 4.16.